The fourth-order valence-corrected chi connectivity index (χ4v) is 5.30. The fourth-order valence-electron chi connectivity index (χ4n) is 5.30. The van der Waals surface area contributed by atoms with E-state index in [9.17, 15) is 4.79 Å². The van der Waals surface area contributed by atoms with Crippen molar-refractivity contribution >= 4 is 28.4 Å². The van der Waals surface area contributed by atoms with Gasteiger partial charge < -0.3 is 9.80 Å². The van der Waals surface area contributed by atoms with E-state index >= 15 is 0 Å². The molecule has 0 unspecified atom stereocenters. The predicted octanol–water partition coefficient (Wildman–Crippen LogP) is 4.29. The zero-order chi connectivity index (χ0) is 22.2. The summed E-state index contributed by atoms with van der Waals surface area (Å²) in [5.41, 5.74) is 2.57. The topological polar surface area (TPSA) is 66.6 Å². The van der Waals surface area contributed by atoms with E-state index in [2.05, 4.69) is 25.6 Å². The molecular formula is C26H28N6O. The molecule has 1 saturated heterocycles. The lowest BCUT2D eigenvalue weighted by Crippen LogP contribution is -2.49. The molecule has 0 N–H and O–H groups in total. The van der Waals surface area contributed by atoms with Crippen molar-refractivity contribution in [2.75, 3.05) is 31.1 Å². The second-order valence-electron chi connectivity index (χ2n) is 9.13. The number of nitrogens with zero attached hydrogens (tertiary/aromatic N) is 6. The third-order valence-corrected chi connectivity index (χ3v) is 7.09. The first kappa shape index (κ1) is 20.1. The number of amides is 1. The number of hydrogen-bond acceptors (Lipinski definition) is 5. The van der Waals surface area contributed by atoms with E-state index in [4.69, 9.17) is 4.98 Å². The number of benzene rings is 2. The average Bonchev–Trinajstić information content (AvgIpc) is 3.35. The zero-order valence-corrected chi connectivity index (χ0v) is 18.7. The van der Waals surface area contributed by atoms with Crippen LogP contribution in [0.3, 0.4) is 0 Å². The van der Waals surface area contributed by atoms with E-state index in [1.807, 2.05) is 53.4 Å². The van der Waals surface area contributed by atoms with Gasteiger partial charge in [0.25, 0.3) is 5.91 Å². The second kappa shape index (κ2) is 8.46. The van der Waals surface area contributed by atoms with Crippen LogP contribution in [0.4, 0.5) is 5.95 Å². The molecule has 2 aliphatic rings. The summed E-state index contributed by atoms with van der Waals surface area (Å²) in [6.07, 6.45) is 6.11. The average molecular weight is 441 g/mol. The maximum Gasteiger partial charge on any atom is 0.253 e. The third kappa shape index (κ3) is 3.61. The van der Waals surface area contributed by atoms with Crippen molar-refractivity contribution in [1.82, 2.24) is 24.5 Å². The molecule has 1 aliphatic heterocycles. The van der Waals surface area contributed by atoms with Crippen LogP contribution >= 0.6 is 0 Å². The Morgan fingerprint density at radius 2 is 1.55 bits per heavy atom. The molecule has 2 fully saturated rings. The number of fused-ring (bicyclic) bond motifs is 3. The van der Waals surface area contributed by atoms with Crippen LogP contribution in [0.25, 0.3) is 16.6 Å². The lowest BCUT2D eigenvalue weighted by Gasteiger charge is -2.36. The van der Waals surface area contributed by atoms with Crippen molar-refractivity contribution < 1.29 is 4.79 Å². The molecule has 4 aromatic rings. The van der Waals surface area contributed by atoms with Crippen molar-refractivity contribution in [3.8, 4) is 0 Å². The number of hydrogen-bond donors (Lipinski definition) is 0. The van der Waals surface area contributed by atoms with Gasteiger partial charge in [-0.2, -0.15) is 0 Å². The molecule has 168 valence electrons. The summed E-state index contributed by atoms with van der Waals surface area (Å²) in [6.45, 7) is 2.82. The van der Waals surface area contributed by atoms with Crippen LogP contribution in [0, 0.1) is 0 Å². The Balaban J connectivity index is 1.35. The Morgan fingerprint density at radius 1 is 0.818 bits per heavy atom. The van der Waals surface area contributed by atoms with Gasteiger partial charge in [0, 0.05) is 43.0 Å². The number of carbonyl (C=O) groups excluding carboxylic acids is 1. The zero-order valence-electron chi connectivity index (χ0n) is 18.7. The minimum Gasteiger partial charge on any atom is -0.338 e. The van der Waals surface area contributed by atoms with Gasteiger partial charge in [0.1, 0.15) is 5.82 Å². The molecule has 1 saturated carbocycles. The number of para-hydroxylation sites is 1. The summed E-state index contributed by atoms with van der Waals surface area (Å²) in [5, 5.41) is 10.4. The standard InChI is InChI=1S/C26H28N6O/c33-25(20-11-5-2-6-12-20)30-15-17-31(18-16-30)26-27-22-14-8-7-13-21(22)24-29-28-23(32(24)26)19-9-3-1-4-10-19/h2,5-8,11-14,19H,1,3-4,9-10,15-18H2. The smallest absolute Gasteiger partial charge is 0.253 e. The molecule has 0 bridgehead atoms. The Morgan fingerprint density at radius 3 is 2.33 bits per heavy atom. The van der Waals surface area contributed by atoms with Gasteiger partial charge in [-0.1, -0.05) is 49.6 Å². The molecule has 1 aliphatic carbocycles. The second-order valence-corrected chi connectivity index (χ2v) is 9.13. The lowest BCUT2D eigenvalue weighted by atomic mass is 9.89. The SMILES string of the molecule is O=C(c1ccccc1)N1CCN(c2nc3ccccc3c3nnc(C4CCCCC4)n23)CC1. The fraction of sp³-hybridized carbons (Fsp3) is 0.385. The molecule has 6 rings (SSSR count). The third-order valence-electron chi connectivity index (χ3n) is 7.09. The molecule has 3 heterocycles. The Bertz CT molecular complexity index is 1290. The Kier molecular flexibility index (Phi) is 5.17. The van der Waals surface area contributed by atoms with Crippen LogP contribution < -0.4 is 4.90 Å². The summed E-state index contributed by atoms with van der Waals surface area (Å²) in [6, 6.07) is 17.7. The van der Waals surface area contributed by atoms with E-state index < -0.39 is 0 Å². The van der Waals surface area contributed by atoms with E-state index in [-0.39, 0.29) is 5.91 Å². The summed E-state index contributed by atoms with van der Waals surface area (Å²) < 4.78 is 2.20. The minimum atomic E-state index is 0.0964. The number of anilines is 1. The molecule has 2 aromatic heterocycles. The van der Waals surface area contributed by atoms with Gasteiger partial charge in [0.2, 0.25) is 5.95 Å². The van der Waals surface area contributed by atoms with Crippen LogP contribution in [-0.4, -0.2) is 56.6 Å². The summed E-state index contributed by atoms with van der Waals surface area (Å²) in [7, 11) is 0. The van der Waals surface area contributed by atoms with Crippen LogP contribution in [0.1, 0.15) is 54.2 Å². The van der Waals surface area contributed by atoms with E-state index in [0.717, 1.165) is 59.8 Å². The van der Waals surface area contributed by atoms with E-state index in [1.54, 1.807) is 0 Å². The van der Waals surface area contributed by atoms with Crippen LogP contribution in [0.5, 0.6) is 0 Å². The number of carbonyl (C=O) groups is 1. The van der Waals surface area contributed by atoms with Crippen LogP contribution in [-0.2, 0) is 0 Å². The monoisotopic (exact) mass is 440 g/mol. The minimum absolute atomic E-state index is 0.0964. The lowest BCUT2D eigenvalue weighted by molar-refractivity contribution is 0.0746. The summed E-state index contributed by atoms with van der Waals surface area (Å²) >= 11 is 0. The van der Waals surface area contributed by atoms with Gasteiger partial charge in [-0.3, -0.25) is 4.79 Å². The number of piperazine rings is 1. The van der Waals surface area contributed by atoms with E-state index in [1.165, 1.54) is 19.3 Å². The van der Waals surface area contributed by atoms with Crippen molar-refractivity contribution in [1.29, 1.82) is 0 Å². The van der Waals surface area contributed by atoms with Gasteiger partial charge >= 0.3 is 0 Å². The molecule has 7 heteroatoms. The highest BCUT2D eigenvalue weighted by molar-refractivity contribution is 5.94. The molecule has 0 radical (unpaired) electrons. The molecule has 7 nitrogen and oxygen atoms in total. The van der Waals surface area contributed by atoms with E-state index in [0.29, 0.717) is 19.0 Å². The van der Waals surface area contributed by atoms with Crippen molar-refractivity contribution in [3.63, 3.8) is 0 Å². The molecule has 33 heavy (non-hydrogen) atoms. The highest BCUT2D eigenvalue weighted by Crippen LogP contribution is 2.34. The highest BCUT2D eigenvalue weighted by atomic mass is 16.2. The summed E-state index contributed by atoms with van der Waals surface area (Å²) in [4.78, 5) is 22.2. The van der Waals surface area contributed by atoms with Gasteiger partial charge in [-0.25, -0.2) is 9.38 Å². The van der Waals surface area contributed by atoms with Gasteiger partial charge in [0.15, 0.2) is 5.65 Å². The first-order valence-electron chi connectivity index (χ1n) is 12.0. The predicted molar refractivity (Wildman–Crippen MR) is 129 cm³/mol. The number of rotatable bonds is 3. The van der Waals surface area contributed by atoms with Crippen molar-refractivity contribution in [2.24, 2.45) is 0 Å². The van der Waals surface area contributed by atoms with Gasteiger partial charge in [0.05, 0.1) is 5.52 Å². The van der Waals surface area contributed by atoms with Crippen molar-refractivity contribution in [3.05, 3.63) is 66.0 Å². The van der Waals surface area contributed by atoms with Crippen molar-refractivity contribution in [2.45, 2.75) is 38.0 Å². The normalized spacial score (nSPS) is 17.7. The Hall–Kier alpha value is -3.48. The quantitative estimate of drug-likeness (QED) is 0.476. The molecule has 0 spiro atoms. The van der Waals surface area contributed by atoms with Crippen LogP contribution in [0.2, 0.25) is 0 Å². The maximum absolute atomic E-state index is 12.9. The highest BCUT2D eigenvalue weighted by Gasteiger charge is 2.28. The Labute approximate surface area is 193 Å². The number of aromatic nitrogens is 4. The summed E-state index contributed by atoms with van der Waals surface area (Å²) in [5.74, 6) is 2.47. The molecule has 2 aromatic carbocycles. The maximum atomic E-state index is 12.9. The molecule has 0 atom stereocenters. The molecular weight excluding hydrogens is 412 g/mol. The first-order valence-corrected chi connectivity index (χ1v) is 12.0. The van der Waals surface area contributed by atoms with Gasteiger partial charge in [-0.05, 0) is 37.1 Å². The largest absolute Gasteiger partial charge is 0.338 e. The van der Waals surface area contributed by atoms with Crippen LogP contribution in [0.15, 0.2) is 54.6 Å². The van der Waals surface area contributed by atoms with Gasteiger partial charge in [-0.15, -0.1) is 10.2 Å². The first-order chi connectivity index (χ1) is 16.3. The molecule has 1 amide bonds.